The lowest BCUT2D eigenvalue weighted by Crippen LogP contribution is -2.34. The number of imide groups is 1. The number of aliphatic hydroxyl groups is 1. The Kier molecular flexibility index (Phi) is 6.16. The van der Waals surface area contributed by atoms with Gasteiger partial charge in [-0.25, -0.2) is 4.90 Å². The van der Waals surface area contributed by atoms with E-state index in [1.54, 1.807) is 36.2 Å². The van der Waals surface area contributed by atoms with Crippen LogP contribution in [0.25, 0.3) is 5.57 Å². The number of carbonyl (C=O) groups is 2. The van der Waals surface area contributed by atoms with Gasteiger partial charge in [-0.15, -0.1) is 11.3 Å². The zero-order chi connectivity index (χ0) is 20.3. The van der Waals surface area contributed by atoms with Gasteiger partial charge in [0.05, 0.1) is 24.5 Å². The van der Waals surface area contributed by atoms with E-state index in [4.69, 9.17) is 4.74 Å². The van der Waals surface area contributed by atoms with Gasteiger partial charge in [0.1, 0.15) is 11.4 Å². The van der Waals surface area contributed by atoms with Crippen molar-refractivity contribution < 1.29 is 19.4 Å². The summed E-state index contributed by atoms with van der Waals surface area (Å²) in [6.07, 6.45) is 0. The van der Waals surface area contributed by atoms with E-state index < -0.39 is 0 Å². The van der Waals surface area contributed by atoms with Crippen LogP contribution in [0.15, 0.2) is 47.5 Å². The van der Waals surface area contributed by atoms with Gasteiger partial charge in [-0.3, -0.25) is 9.59 Å². The fraction of sp³-hybridized carbons (Fsp3) is 0.333. The molecule has 0 bridgehead atoms. The number of hydrogen-bond acceptors (Lipinski definition) is 6. The van der Waals surface area contributed by atoms with E-state index in [1.807, 2.05) is 17.5 Å². The lowest BCUT2D eigenvalue weighted by atomic mass is 10.2. The number of amides is 2. The summed E-state index contributed by atoms with van der Waals surface area (Å²) in [5.41, 5.74) is 1.17. The maximum absolute atomic E-state index is 13.2. The second-order valence-electron chi connectivity index (χ2n) is 6.99. The molecule has 2 aromatic rings. The predicted octanol–water partition coefficient (Wildman–Crippen LogP) is 2.99. The van der Waals surface area contributed by atoms with Gasteiger partial charge < -0.3 is 14.7 Å². The smallest absolute Gasteiger partial charge is 0.282 e. The van der Waals surface area contributed by atoms with Crippen LogP contribution in [-0.4, -0.2) is 48.6 Å². The molecule has 1 aromatic carbocycles. The van der Waals surface area contributed by atoms with Crippen molar-refractivity contribution in [1.82, 2.24) is 4.90 Å². The number of aliphatic hydroxyl groups excluding tert-OH is 1. The molecule has 0 saturated heterocycles. The summed E-state index contributed by atoms with van der Waals surface area (Å²) in [5.74, 6) is 0.354. The molecule has 0 spiro atoms. The molecule has 0 aliphatic carbocycles. The number of benzene rings is 1. The highest BCUT2D eigenvalue weighted by atomic mass is 32.1. The number of anilines is 1. The molecule has 0 fully saturated rings. The van der Waals surface area contributed by atoms with Crippen molar-refractivity contribution in [2.24, 2.45) is 5.92 Å². The zero-order valence-corrected chi connectivity index (χ0v) is 17.0. The van der Waals surface area contributed by atoms with Crippen molar-refractivity contribution in [3.05, 3.63) is 52.4 Å². The van der Waals surface area contributed by atoms with E-state index in [1.165, 1.54) is 16.2 Å². The summed E-state index contributed by atoms with van der Waals surface area (Å²) in [6.45, 7) is 4.89. The van der Waals surface area contributed by atoms with Crippen LogP contribution in [0.1, 0.15) is 18.7 Å². The van der Waals surface area contributed by atoms with Gasteiger partial charge in [-0.2, -0.15) is 0 Å². The minimum absolute atomic E-state index is 0.110. The first-order valence-electron chi connectivity index (χ1n) is 9.15. The molecule has 1 aliphatic heterocycles. The van der Waals surface area contributed by atoms with Crippen molar-refractivity contribution in [2.75, 3.05) is 31.7 Å². The Labute approximate surface area is 168 Å². The van der Waals surface area contributed by atoms with Crippen molar-refractivity contribution in [2.45, 2.75) is 13.8 Å². The van der Waals surface area contributed by atoms with E-state index in [-0.39, 0.29) is 25.0 Å². The molecule has 0 atom stereocenters. The van der Waals surface area contributed by atoms with Crippen molar-refractivity contribution >= 4 is 34.4 Å². The second-order valence-corrected chi connectivity index (χ2v) is 7.94. The summed E-state index contributed by atoms with van der Waals surface area (Å²) < 4.78 is 5.68. The molecule has 0 radical (unpaired) electrons. The minimum Gasteiger partial charge on any atom is -0.493 e. The van der Waals surface area contributed by atoms with E-state index >= 15 is 0 Å². The predicted molar refractivity (Wildman–Crippen MR) is 110 cm³/mol. The van der Waals surface area contributed by atoms with Gasteiger partial charge in [0.25, 0.3) is 11.8 Å². The monoisotopic (exact) mass is 400 g/mol. The second kappa shape index (κ2) is 8.58. The maximum atomic E-state index is 13.2. The summed E-state index contributed by atoms with van der Waals surface area (Å²) >= 11 is 1.41. The van der Waals surface area contributed by atoms with Crippen molar-refractivity contribution in [1.29, 1.82) is 0 Å². The molecule has 1 N–H and O–H groups in total. The molecule has 148 valence electrons. The lowest BCUT2D eigenvalue weighted by molar-refractivity contribution is -0.120. The first-order valence-corrected chi connectivity index (χ1v) is 10.0. The van der Waals surface area contributed by atoms with Crippen molar-refractivity contribution in [3.8, 4) is 5.75 Å². The van der Waals surface area contributed by atoms with Gasteiger partial charge >= 0.3 is 0 Å². The standard InChI is InChI=1S/C21H24N2O4S/c1-14(2)13-27-16-8-6-15(7-9-16)23-20(25)18(17-5-4-12-28-17)19(21(23)26)22(3)10-11-24/h4-9,12,14,24H,10-11,13H2,1-3H3. The SMILES string of the molecule is CC(C)COc1ccc(N2C(=O)C(c3cccs3)=C(N(C)CCO)C2=O)cc1. The Morgan fingerprint density at radius 3 is 2.43 bits per heavy atom. The van der Waals surface area contributed by atoms with Crippen LogP contribution in [0.2, 0.25) is 0 Å². The maximum Gasteiger partial charge on any atom is 0.282 e. The molecule has 2 amide bonds. The number of rotatable bonds is 8. The fourth-order valence-electron chi connectivity index (χ4n) is 2.97. The number of carbonyl (C=O) groups excluding carboxylic acids is 2. The van der Waals surface area contributed by atoms with Gasteiger partial charge in [0, 0.05) is 18.5 Å². The third-order valence-corrected chi connectivity index (χ3v) is 5.21. The van der Waals surface area contributed by atoms with E-state index in [0.717, 1.165) is 4.88 Å². The molecular formula is C21H24N2O4S. The summed E-state index contributed by atoms with van der Waals surface area (Å²) in [7, 11) is 1.71. The highest BCUT2D eigenvalue weighted by molar-refractivity contribution is 7.11. The zero-order valence-electron chi connectivity index (χ0n) is 16.2. The van der Waals surface area contributed by atoms with E-state index in [2.05, 4.69) is 13.8 Å². The highest BCUT2D eigenvalue weighted by Crippen LogP contribution is 2.36. The van der Waals surface area contributed by atoms with Crippen LogP contribution < -0.4 is 9.64 Å². The molecule has 28 heavy (non-hydrogen) atoms. The molecule has 0 unspecified atom stereocenters. The van der Waals surface area contributed by atoms with Gasteiger partial charge in [0.15, 0.2) is 0 Å². The average Bonchev–Trinajstić information content (AvgIpc) is 3.27. The van der Waals surface area contributed by atoms with Crippen LogP contribution in [-0.2, 0) is 9.59 Å². The van der Waals surface area contributed by atoms with Crippen LogP contribution in [0.3, 0.4) is 0 Å². The molecule has 0 saturated carbocycles. The van der Waals surface area contributed by atoms with Crippen LogP contribution in [0, 0.1) is 5.92 Å². The number of ether oxygens (including phenoxy) is 1. The fourth-order valence-corrected chi connectivity index (χ4v) is 3.73. The summed E-state index contributed by atoms with van der Waals surface area (Å²) in [4.78, 5) is 29.9. The summed E-state index contributed by atoms with van der Waals surface area (Å²) in [6, 6.07) is 10.6. The Bertz CT molecular complexity index is 872. The van der Waals surface area contributed by atoms with Crippen LogP contribution in [0.4, 0.5) is 5.69 Å². The topological polar surface area (TPSA) is 70.1 Å². The third-order valence-electron chi connectivity index (χ3n) is 4.32. The van der Waals surface area contributed by atoms with Gasteiger partial charge in [-0.1, -0.05) is 19.9 Å². The number of nitrogens with zero attached hydrogens (tertiary/aromatic N) is 2. The number of thiophene rings is 1. The molecule has 3 rings (SSSR count). The summed E-state index contributed by atoms with van der Waals surface area (Å²) in [5, 5.41) is 11.2. The Morgan fingerprint density at radius 1 is 1.14 bits per heavy atom. The molecule has 1 aromatic heterocycles. The highest BCUT2D eigenvalue weighted by Gasteiger charge is 2.42. The molecule has 2 heterocycles. The first-order chi connectivity index (χ1) is 13.4. The van der Waals surface area contributed by atoms with Gasteiger partial charge in [0.2, 0.25) is 0 Å². The quantitative estimate of drug-likeness (QED) is 0.690. The Hall–Kier alpha value is -2.64. The van der Waals surface area contributed by atoms with E-state index in [9.17, 15) is 14.7 Å². The molecule has 1 aliphatic rings. The Morgan fingerprint density at radius 2 is 1.86 bits per heavy atom. The first kappa shape index (κ1) is 20.1. The average molecular weight is 401 g/mol. The van der Waals surface area contributed by atoms with Crippen LogP contribution in [0.5, 0.6) is 5.75 Å². The molecular weight excluding hydrogens is 376 g/mol. The van der Waals surface area contributed by atoms with E-state index in [0.29, 0.717) is 35.2 Å². The van der Waals surface area contributed by atoms with Crippen molar-refractivity contribution in [3.63, 3.8) is 0 Å². The number of hydrogen-bond donors (Lipinski definition) is 1. The van der Waals surface area contributed by atoms with Gasteiger partial charge in [-0.05, 0) is 41.6 Å². The largest absolute Gasteiger partial charge is 0.493 e. The molecule has 6 nitrogen and oxygen atoms in total. The third kappa shape index (κ3) is 3.95. The Balaban J connectivity index is 1.92. The minimum atomic E-state index is -0.389. The van der Waals surface area contributed by atoms with Crippen LogP contribution >= 0.6 is 11.3 Å². The number of likely N-dealkylation sites (N-methyl/N-ethyl adjacent to an activating group) is 1. The lowest BCUT2D eigenvalue weighted by Gasteiger charge is -2.20. The molecule has 7 heteroatoms. The normalized spacial score (nSPS) is 14.4.